The van der Waals surface area contributed by atoms with Crippen molar-refractivity contribution in [1.29, 1.82) is 0 Å². The maximum absolute atomic E-state index is 13.0. The summed E-state index contributed by atoms with van der Waals surface area (Å²) in [5, 5.41) is 6.56. The molecule has 0 radical (unpaired) electrons. The van der Waals surface area contributed by atoms with E-state index in [-0.39, 0.29) is 5.82 Å². The summed E-state index contributed by atoms with van der Waals surface area (Å²) in [5.41, 5.74) is 1.60. The van der Waals surface area contributed by atoms with Gasteiger partial charge in [-0.05, 0) is 50.2 Å². The molecule has 27 heavy (non-hydrogen) atoms. The van der Waals surface area contributed by atoms with Gasteiger partial charge in [0.2, 0.25) is 5.89 Å². The normalized spacial score (nSPS) is 11.6. The number of rotatable bonds is 7. The van der Waals surface area contributed by atoms with Crippen LogP contribution in [-0.2, 0) is 13.0 Å². The molecule has 0 atom stereocenters. The van der Waals surface area contributed by atoms with Crippen LogP contribution in [0, 0.1) is 12.7 Å². The van der Waals surface area contributed by atoms with Crippen molar-refractivity contribution in [2.24, 2.45) is 4.99 Å². The average molecular weight is 386 g/mol. The van der Waals surface area contributed by atoms with Gasteiger partial charge in [0, 0.05) is 34.8 Å². The Morgan fingerprint density at radius 2 is 2.00 bits per heavy atom. The van der Waals surface area contributed by atoms with Crippen molar-refractivity contribution in [2.75, 3.05) is 13.1 Å². The smallest absolute Gasteiger partial charge is 0.226 e. The van der Waals surface area contributed by atoms with E-state index in [1.807, 2.05) is 6.92 Å². The minimum absolute atomic E-state index is 0.275. The fraction of sp³-hybridized carbons (Fsp3) is 0.300. The van der Waals surface area contributed by atoms with Crippen molar-refractivity contribution in [3.8, 4) is 11.5 Å². The van der Waals surface area contributed by atoms with Crippen LogP contribution >= 0.6 is 11.3 Å². The third kappa shape index (κ3) is 5.65. The predicted molar refractivity (Wildman–Crippen MR) is 107 cm³/mol. The van der Waals surface area contributed by atoms with Gasteiger partial charge in [0.1, 0.15) is 12.1 Å². The molecule has 0 spiro atoms. The van der Waals surface area contributed by atoms with Crippen LogP contribution in [0.1, 0.15) is 22.4 Å². The molecular formula is C20H23FN4OS. The molecule has 0 aliphatic carbocycles. The summed E-state index contributed by atoms with van der Waals surface area (Å²) in [4.78, 5) is 11.6. The summed E-state index contributed by atoms with van der Waals surface area (Å²) in [5.74, 6) is 1.01. The number of hydrogen-bond acceptors (Lipinski definition) is 4. The van der Waals surface area contributed by atoms with Crippen LogP contribution in [-0.4, -0.2) is 24.0 Å². The molecule has 0 saturated carbocycles. The lowest BCUT2D eigenvalue weighted by Crippen LogP contribution is -2.38. The van der Waals surface area contributed by atoms with Crippen molar-refractivity contribution in [3.63, 3.8) is 0 Å². The molecule has 0 fully saturated rings. The van der Waals surface area contributed by atoms with Gasteiger partial charge < -0.3 is 15.1 Å². The first-order valence-corrected chi connectivity index (χ1v) is 9.73. The molecule has 2 heterocycles. The highest BCUT2D eigenvalue weighted by molar-refractivity contribution is 7.11. The van der Waals surface area contributed by atoms with E-state index in [9.17, 15) is 4.39 Å². The topological polar surface area (TPSA) is 62.5 Å². The zero-order valence-electron chi connectivity index (χ0n) is 15.5. The maximum Gasteiger partial charge on any atom is 0.226 e. The van der Waals surface area contributed by atoms with E-state index < -0.39 is 0 Å². The van der Waals surface area contributed by atoms with Crippen molar-refractivity contribution < 1.29 is 8.81 Å². The Bertz CT molecular complexity index is 886. The fourth-order valence-electron chi connectivity index (χ4n) is 2.52. The highest BCUT2D eigenvalue weighted by Gasteiger charge is 2.07. The molecule has 5 nitrogen and oxygen atoms in total. The minimum atomic E-state index is -0.275. The lowest BCUT2D eigenvalue weighted by Gasteiger charge is -2.10. The number of hydrogen-bond donors (Lipinski definition) is 2. The third-order valence-electron chi connectivity index (χ3n) is 3.85. The fourth-order valence-corrected chi connectivity index (χ4v) is 3.34. The molecule has 2 N–H and O–H groups in total. The molecule has 7 heteroatoms. The third-order valence-corrected chi connectivity index (χ3v) is 4.84. The summed E-state index contributed by atoms with van der Waals surface area (Å²) < 4.78 is 18.5. The molecule has 3 rings (SSSR count). The van der Waals surface area contributed by atoms with Crippen molar-refractivity contribution in [3.05, 3.63) is 63.9 Å². The number of aliphatic imine (C=N–C) groups is 1. The quantitative estimate of drug-likeness (QED) is 0.473. The van der Waals surface area contributed by atoms with Crippen LogP contribution in [0.4, 0.5) is 4.39 Å². The molecule has 0 amide bonds. The Kier molecular flexibility index (Phi) is 6.59. The molecule has 3 aromatic rings. The van der Waals surface area contributed by atoms with Gasteiger partial charge >= 0.3 is 0 Å². The molecule has 1 aromatic carbocycles. The summed E-state index contributed by atoms with van der Waals surface area (Å²) in [7, 11) is 0. The number of benzene rings is 1. The lowest BCUT2D eigenvalue weighted by molar-refractivity contribution is 0.571. The second kappa shape index (κ2) is 9.32. The largest absolute Gasteiger partial charge is 0.444 e. The highest BCUT2D eigenvalue weighted by atomic mass is 32.1. The molecule has 0 unspecified atom stereocenters. The summed E-state index contributed by atoms with van der Waals surface area (Å²) in [6.45, 7) is 6.28. The monoisotopic (exact) mass is 386 g/mol. The number of aryl methyl sites for hydroxylation is 1. The number of guanidine groups is 1. The Balaban J connectivity index is 1.53. The van der Waals surface area contributed by atoms with E-state index >= 15 is 0 Å². The summed E-state index contributed by atoms with van der Waals surface area (Å²) in [6.07, 6.45) is 2.34. The maximum atomic E-state index is 13.0. The molecule has 142 valence electrons. The predicted octanol–water partition coefficient (Wildman–Crippen LogP) is 4.15. The van der Waals surface area contributed by atoms with E-state index in [0.717, 1.165) is 23.8 Å². The Morgan fingerprint density at radius 1 is 1.19 bits per heavy atom. The van der Waals surface area contributed by atoms with Crippen LogP contribution in [0.15, 0.2) is 52.1 Å². The zero-order chi connectivity index (χ0) is 19.1. The Morgan fingerprint density at radius 3 is 2.70 bits per heavy atom. The van der Waals surface area contributed by atoms with E-state index in [0.29, 0.717) is 25.4 Å². The van der Waals surface area contributed by atoms with Crippen molar-refractivity contribution >= 4 is 17.3 Å². The van der Waals surface area contributed by atoms with E-state index in [1.54, 1.807) is 29.7 Å². The number of oxazole rings is 1. The lowest BCUT2D eigenvalue weighted by atomic mass is 10.2. The van der Waals surface area contributed by atoms with E-state index in [1.165, 1.54) is 21.9 Å². The molecule has 2 aromatic heterocycles. The zero-order valence-corrected chi connectivity index (χ0v) is 16.3. The van der Waals surface area contributed by atoms with Gasteiger partial charge in [-0.2, -0.15) is 0 Å². The van der Waals surface area contributed by atoms with Crippen LogP contribution in [0.5, 0.6) is 0 Å². The number of thiophene rings is 1. The number of aromatic nitrogens is 1. The summed E-state index contributed by atoms with van der Waals surface area (Å²) >= 11 is 1.76. The number of nitrogens with one attached hydrogen (secondary N) is 2. The van der Waals surface area contributed by atoms with Gasteiger partial charge in [-0.1, -0.05) is 0 Å². The average Bonchev–Trinajstić information content (AvgIpc) is 3.29. The number of nitrogens with zero attached hydrogens (tertiary/aromatic N) is 2. The van der Waals surface area contributed by atoms with Gasteiger partial charge in [-0.3, -0.25) is 0 Å². The second-order valence-corrected chi connectivity index (χ2v) is 7.41. The van der Waals surface area contributed by atoms with Gasteiger partial charge in [0.25, 0.3) is 0 Å². The molecule has 0 aliphatic heterocycles. The van der Waals surface area contributed by atoms with Crippen LogP contribution in [0.25, 0.3) is 11.5 Å². The van der Waals surface area contributed by atoms with Crippen molar-refractivity contribution in [2.45, 2.75) is 26.8 Å². The highest BCUT2D eigenvalue weighted by Crippen LogP contribution is 2.19. The standard InChI is InChI=1S/C20H23FN4OS/c1-3-22-20(24-12-18-9-4-14(2)27-18)23-11-10-17-13-26-19(25-17)15-5-7-16(21)8-6-15/h4-9,13H,3,10-12H2,1-2H3,(H2,22,23,24). The molecular weight excluding hydrogens is 363 g/mol. The Hall–Kier alpha value is -2.67. The van der Waals surface area contributed by atoms with Crippen LogP contribution in [0.2, 0.25) is 0 Å². The van der Waals surface area contributed by atoms with Gasteiger partial charge in [-0.25, -0.2) is 14.4 Å². The van der Waals surface area contributed by atoms with Gasteiger partial charge in [-0.15, -0.1) is 11.3 Å². The first-order chi connectivity index (χ1) is 13.1. The minimum Gasteiger partial charge on any atom is -0.444 e. The van der Waals surface area contributed by atoms with Gasteiger partial charge in [0.05, 0.1) is 12.2 Å². The molecule has 0 aliphatic rings. The SMILES string of the molecule is CCNC(=NCc1ccc(C)s1)NCCc1coc(-c2ccc(F)cc2)n1. The number of halogens is 1. The molecule has 0 saturated heterocycles. The van der Waals surface area contributed by atoms with Crippen molar-refractivity contribution in [1.82, 2.24) is 15.6 Å². The Labute approximate surface area is 162 Å². The second-order valence-electron chi connectivity index (χ2n) is 6.04. The van der Waals surface area contributed by atoms with Gasteiger partial charge in [0.15, 0.2) is 5.96 Å². The first kappa shape index (κ1) is 19.1. The molecule has 0 bridgehead atoms. The summed E-state index contributed by atoms with van der Waals surface area (Å²) in [6, 6.07) is 10.3. The van der Waals surface area contributed by atoms with E-state index in [4.69, 9.17) is 4.42 Å². The van der Waals surface area contributed by atoms with E-state index in [2.05, 4.69) is 39.7 Å². The van der Waals surface area contributed by atoms with Crippen LogP contribution in [0.3, 0.4) is 0 Å². The first-order valence-electron chi connectivity index (χ1n) is 8.92. The van der Waals surface area contributed by atoms with Crippen LogP contribution < -0.4 is 10.6 Å².